The fraction of sp³-hybridized carbons (Fsp3) is 0.167. The Balaban J connectivity index is 2.63. The summed E-state index contributed by atoms with van der Waals surface area (Å²) in [4.78, 5) is 18.6. The number of rotatable bonds is 2. The maximum atomic E-state index is 11.8. The third kappa shape index (κ3) is 2.17. The Hall–Kier alpha value is -1.81. The summed E-state index contributed by atoms with van der Waals surface area (Å²) in [5.74, 6) is 0.654. The highest BCUT2D eigenvalue weighted by molar-refractivity contribution is 6.33. The van der Waals surface area contributed by atoms with Gasteiger partial charge >= 0.3 is 0 Å². The van der Waals surface area contributed by atoms with E-state index in [-0.39, 0.29) is 11.4 Å². The molecule has 2 rings (SSSR count). The van der Waals surface area contributed by atoms with Gasteiger partial charge in [0, 0.05) is 5.56 Å². The lowest BCUT2D eigenvalue weighted by atomic mass is 10.2. The van der Waals surface area contributed by atoms with Crippen molar-refractivity contribution in [2.45, 2.75) is 13.3 Å². The maximum Gasteiger partial charge on any atom is 0.256 e. The number of hydrogen-bond donors (Lipinski definition) is 2. The van der Waals surface area contributed by atoms with Crippen LogP contribution in [0.4, 0.5) is 5.82 Å². The van der Waals surface area contributed by atoms with Gasteiger partial charge in [0.05, 0.1) is 10.6 Å². The van der Waals surface area contributed by atoms with Gasteiger partial charge in [-0.15, -0.1) is 0 Å². The van der Waals surface area contributed by atoms with Crippen LogP contribution in [0.5, 0.6) is 0 Å². The molecule has 0 radical (unpaired) electrons. The number of nitrogens with one attached hydrogen (secondary N) is 1. The number of anilines is 1. The van der Waals surface area contributed by atoms with Crippen LogP contribution in [0.2, 0.25) is 5.02 Å². The first kappa shape index (κ1) is 11.7. The van der Waals surface area contributed by atoms with Gasteiger partial charge in [0.15, 0.2) is 0 Å². The van der Waals surface area contributed by atoms with Gasteiger partial charge < -0.3 is 10.7 Å². The molecule has 17 heavy (non-hydrogen) atoms. The van der Waals surface area contributed by atoms with Crippen molar-refractivity contribution in [3.63, 3.8) is 0 Å². The Kier molecular flexibility index (Phi) is 3.15. The van der Waals surface area contributed by atoms with Crippen molar-refractivity contribution in [3.8, 4) is 11.4 Å². The average molecular weight is 250 g/mol. The fourth-order valence-electron chi connectivity index (χ4n) is 1.64. The lowest BCUT2D eigenvalue weighted by Crippen LogP contribution is -2.17. The molecule has 3 N–H and O–H groups in total. The standard InChI is InChI=1S/C12H12ClN3O/c1-2-7-10(14)15-11(16-12(7)17)8-5-3-4-6-9(8)13/h3-6H,2H2,1H3,(H3,14,15,16,17). The summed E-state index contributed by atoms with van der Waals surface area (Å²) in [6.07, 6.45) is 0.553. The summed E-state index contributed by atoms with van der Waals surface area (Å²) in [5.41, 5.74) is 6.70. The Labute approximate surface area is 103 Å². The summed E-state index contributed by atoms with van der Waals surface area (Å²) < 4.78 is 0. The number of halogens is 1. The molecule has 0 aliphatic rings. The third-order valence-electron chi connectivity index (χ3n) is 2.53. The smallest absolute Gasteiger partial charge is 0.256 e. The Morgan fingerprint density at radius 1 is 1.41 bits per heavy atom. The molecular weight excluding hydrogens is 238 g/mol. The molecule has 88 valence electrons. The van der Waals surface area contributed by atoms with Crippen molar-refractivity contribution in [2.24, 2.45) is 0 Å². The van der Waals surface area contributed by atoms with Gasteiger partial charge in [0.1, 0.15) is 11.6 Å². The molecule has 0 atom stereocenters. The summed E-state index contributed by atoms with van der Waals surface area (Å²) >= 11 is 6.03. The second kappa shape index (κ2) is 4.59. The molecule has 1 aromatic carbocycles. The van der Waals surface area contributed by atoms with E-state index in [9.17, 15) is 4.79 Å². The first-order valence-electron chi connectivity index (χ1n) is 5.27. The third-order valence-corrected chi connectivity index (χ3v) is 2.86. The zero-order valence-corrected chi connectivity index (χ0v) is 10.1. The zero-order valence-electron chi connectivity index (χ0n) is 9.33. The predicted octanol–water partition coefficient (Wildman–Crippen LogP) is 2.23. The maximum absolute atomic E-state index is 11.8. The molecule has 0 fully saturated rings. The molecular formula is C12H12ClN3O. The molecule has 0 bridgehead atoms. The van der Waals surface area contributed by atoms with Crippen LogP contribution < -0.4 is 11.3 Å². The SMILES string of the molecule is CCc1c(N)nc(-c2ccccc2Cl)[nH]c1=O. The molecule has 2 aromatic rings. The van der Waals surface area contributed by atoms with Crippen molar-refractivity contribution in [2.75, 3.05) is 5.73 Å². The van der Waals surface area contributed by atoms with Crippen molar-refractivity contribution in [1.29, 1.82) is 0 Å². The van der Waals surface area contributed by atoms with Gasteiger partial charge in [-0.1, -0.05) is 30.7 Å². The second-order valence-electron chi connectivity index (χ2n) is 3.61. The van der Waals surface area contributed by atoms with Gasteiger partial charge in [-0.2, -0.15) is 0 Å². The Morgan fingerprint density at radius 2 is 2.12 bits per heavy atom. The molecule has 5 heteroatoms. The molecule has 4 nitrogen and oxygen atoms in total. The second-order valence-corrected chi connectivity index (χ2v) is 4.02. The zero-order chi connectivity index (χ0) is 12.4. The highest BCUT2D eigenvalue weighted by Gasteiger charge is 2.10. The van der Waals surface area contributed by atoms with E-state index in [1.807, 2.05) is 19.1 Å². The minimum atomic E-state index is -0.213. The minimum Gasteiger partial charge on any atom is -0.383 e. The minimum absolute atomic E-state index is 0.213. The van der Waals surface area contributed by atoms with E-state index < -0.39 is 0 Å². The highest BCUT2D eigenvalue weighted by Crippen LogP contribution is 2.24. The molecule has 0 spiro atoms. The van der Waals surface area contributed by atoms with E-state index in [4.69, 9.17) is 17.3 Å². The lowest BCUT2D eigenvalue weighted by molar-refractivity contribution is 1.02. The first-order chi connectivity index (χ1) is 8.13. The van der Waals surface area contributed by atoms with E-state index in [1.165, 1.54) is 0 Å². The first-order valence-corrected chi connectivity index (χ1v) is 5.64. The Morgan fingerprint density at radius 3 is 2.71 bits per heavy atom. The predicted molar refractivity (Wildman–Crippen MR) is 69.1 cm³/mol. The summed E-state index contributed by atoms with van der Waals surface area (Å²) in [5, 5.41) is 0.527. The van der Waals surface area contributed by atoms with E-state index in [2.05, 4.69) is 9.97 Å². The summed E-state index contributed by atoms with van der Waals surface area (Å²) in [6, 6.07) is 7.16. The molecule has 0 unspecified atom stereocenters. The highest BCUT2D eigenvalue weighted by atomic mass is 35.5. The quantitative estimate of drug-likeness (QED) is 0.857. The van der Waals surface area contributed by atoms with Crippen LogP contribution in [0.3, 0.4) is 0 Å². The van der Waals surface area contributed by atoms with Gasteiger partial charge in [-0.05, 0) is 18.6 Å². The van der Waals surface area contributed by atoms with E-state index >= 15 is 0 Å². The molecule has 0 saturated carbocycles. The molecule has 0 aliphatic heterocycles. The van der Waals surface area contributed by atoms with Gasteiger partial charge in [0.2, 0.25) is 0 Å². The number of nitrogens with two attached hydrogens (primary N) is 1. The van der Waals surface area contributed by atoms with E-state index in [0.717, 1.165) is 0 Å². The molecule has 0 aliphatic carbocycles. The summed E-state index contributed by atoms with van der Waals surface area (Å²) in [7, 11) is 0. The van der Waals surface area contributed by atoms with Crippen molar-refractivity contribution in [3.05, 3.63) is 45.2 Å². The number of nitrogen functional groups attached to an aromatic ring is 1. The van der Waals surface area contributed by atoms with Crippen LogP contribution in [-0.4, -0.2) is 9.97 Å². The molecule has 1 heterocycles. The van der Waals surface area contributed by atoms with E-state index in [1.54, 1.807) is 12.1 Å². The lowest BCUT2D eigenvalue weighted by Gasteiger charge is -2.06. The fourth-order valence-corrected chi connectivity index (χ4v) is 1.86. The number of nitrogens with zero attached hydrogens (tertiary/aromatic N) is 1. The monoisotopic (exact) mass is 249 g/mol. The van der Waals surface area contributed by atoms with Crippen molar-refractivity contribution < 1.29 is 0 Å². The number of aromatic nitrogens is 2. The van der Waals surface area contributed by atoms with Gasteiger partial charge in [-0.3, -0.25) is 4.79 Å². The van der Waals surface area contributed by atoms with Crippen LogP contribution in [0, 0.1) is 0 Å². The van der Waals surface area contributed by atoms with Crippen LogP contribution >= 0.6 is 11.6 Å². The van der Waals surface area contributed by atoms with Gasteiger partial charge in [0.25, 0.3) is 5.56 Å². The van der Waals surface area contributed by atoms with Crippen LogP contribution in [0.15, 0.2) is 29.1 Å². The largest absolute Gasteiger partial charge is 0.383 e. The van der Waals surface area contributed by atoms with Crippen LogP contribution in [0.1, 0.15) is 12.5 Å². The average Bonchev–Trinajstić information content (AvgIpc) is 2.29. The van der Waals surface area contributed by atoms with Crippen LogP contribution in [-0.2, 0) is 6.42 Å². The van der Waals surface area contributed by atoms with Crippen molar-refractivity contribution in [1.82, 2.24) is 9.97 Å². The normalized spacial score (nSPS) is 10.5. The number of hydrogen-bond acceptors (Lipinski definition) is 3. The molecule has 0 amide bonds. The van der Waals surface area contributed by atoms with Gasteiger partial charge in [-0.25, -0.2) is 4.98 Å². The molecule has 1 aromatic heterocycles. The number of aromatic amines is 1. The van der Waals surface area contributed by atoms with E-state index in [0.29, 0.717) is 28.4 Å². The number of benzene rings is 1. The summed E-state index contributed by atoms with van der Waals surface area (Å²) in [6.45, 7) is 1.86. The number of H-pyrrole nitrogens is 1. The Bertz CT molecular complexity index is 607. The van der Waals surface area contributed by atoms with Crippen LogP contribution in [0.25, 0.3) is 11.4 Å². The van der Waals surface area contributed by atoms with Crippen molar-refractivity contribution >= 4 is 17.4 Å². The topological polar surface area (TPSA) is 71.8 Å². The molecule has 0 saturated heterocycles.